The lowest BCUT2D eigenvalue weighted by Gasteiger charge is -2.19. The molecule has 0 aliphatic rings. The van der Waals surface area contributed by atoms with Crippen molar-refractivity contribution in [3.63, 3.8) is 0 Å². The molecule has 0 spiro atoms. The lowest BCUT2D eigenvalue weighted by atomic mass is 10.1. The van der Waals surface area contributed by atoms with E-state index in [1.165, 1.54) is 6.92 Å². The van der Waals surface area contributed by atoms with Crippen LogP contribution in [0.1, 0.15) is 17.3 Å². The van der Waals surface area contributed by atoms with Gasteiger partial charge in [-0.3, -0.25) is 0 Å². The molecule has 0 radical (unpaired) electrons. The van der Waals surface area contributed by atoms with Crippen LogP contribution >= 0.6 is 0 Å². The van der Waals surface area contributed by atoms with Crippen LogP contribution in [0.25, 0.3) is 0 Å². The molecule has 0 bridgehead atoms. The number of hydrogen-bond donors (Lipinski definition) is 2. The molecule has 0 saturated carbocycles. The average molecular weight is 253 g/mol. The number of carbonyl (C=O) groups excluding carboxylic acids is 1. The van der Waals surface area contributed by atoms with E-state index in [0.717, 1.165) is 5.69 Å². The number of ether oxygens (including phenoxy) is 1. The van der Waals surface area contributed by atoms with Crippen LogP contribution in [0.5, 0.6) is 0 Å². The van der Waals surface area contributed by atoms with Crippen molar-refractivity contribution in [2.24, 2.45) is 0 Å². The second-order valence-electron chi connectivity index (χ2n) is 4.67. The third-order valence-electron chi connectivity index (χ3n) is 2.47. The van der Waals surface area contributed by atoms with Crippen LogP contribution in [-0.4, -0.2) is 49.1 Å². The zero-order valence-corrected chi connectivity index (χ0v) is 10.9. The lowest BCUT2D eigenvalue weighted by molar-refractivity contribution is -0.0511. The predicted octanol–water partition coefficient (Wildman–Crippen LogP) is 0.653. The average Bonchev–Trinajstić information content (AvgIpc) is 2.36. The lowest BCUT2D eigenvalue weighted by Crippen LogP contribution is -2.35. The number of esters is 1. The molecule has 0 fully saturated rings. The van der Waals surface area contributed by atoms with Crippen LogP contribution < -0.4 is 4.90 Å². The first-order chi connectivity index (χ1) is 8.35. The number of benzene rings is 1. The fraction of sp³-hybridized carbons (Fsp3) is 0.462. The Morgan fingerprint density at radius 2 is 1.89 bits per heavy atom. The molecular weight excluding hydrogens is 234 g/mol. The molecule has 0 saturated heterocycles. The molecule has 0 aliphatic carbocycles. The zero-order valence-electron chi connectivity index (χ0n) is 10.9. The van der Waals surface area contributed by atoms with Gasteiger partial charge in [-0.2, -0.15) is 0 Å². The minimum Gasteiger partial charge on any atom is -0.459 e. The maximum absolute atomic E-state index is 11.7. The van der Waals surface area contributed by atoms with Gasteiger partial charge in [0.25, 0.3) is 0 Å². The van der Waals surface area contributed by atoms with Gasteiger partial charge in [0.1, 0.15) is 12.2 Å². The highest BCUT2D eigenvalue weighted by Crippen LogP contribution is 2.13. The van der Waals surface area contributed by atoms with Crippen LogP contribution in [0.2, 0.25) is 0 Å². The highest BCUT2D eigenvalue weighted by molar-refractivity contribution is 5.89. The van der Waals surface area contributed by atoms with E-state index < -0.39 is 18.2 Å². The van der Waals surface area contributed by atoms with Gasteiger partial charge in [0.2, 0.25) is 0 Å². The molecule has 0 aliphatic heterocycles. The van der Waals surface area contributed by atoms with E-state index in [9.17, 15) is 9.90 Å². The molecule has 0 aromatic heterocycles. The summed E-state index contributed by atoms with van der Waals surface area (Å²) in [6, 6.07) is 6.93. The van der Waals surface area contributed by atoms with Gasteiger partial charge in [0.05, 0.1) is 12.2 Å². The molecular formula is C13H19NO4. The fourth-order valence-electron chi connectivity index (χ4n) is 1.25. The summed E-state index contributed by atoms with van der Waals surface area (Å²) in [6.45, 7) is 0.701. The quantitative estimate of drug-likeness (QED) is 0.754. The number of rotatable bonds is 5. The van der Waals surface area contributed by atoms with Crippen LogP contribution in [0.15, 0.2) is 24.3 Å². The summed E-state index contributed by atoms with van der Waals surface area (Å²) in [5.41, 5.74) is -0.0116. The third-order valence-corrected chi connectivity index (χ3v) is 2.47. The summed E-state index contributed by atoms with van der Waals surface area (Å²) in [7, 11) is 3.82. The number of carbonyl (C=O) groups is 1. The van der Waals surface area contributed by atoms with Crippen molar-refractivity contribution in [2.45, 2.75) is 12.5 Å². The smallest absolute Gasteiger partial charge is 0.338 e. The Hall–Kier alpha value is -1.59. The SMILES string of the molecule is CN(C)c1ccc(C(=O)OC[C@@](C)(O)CO)cc1. The zero-order chi connectivity index (χ0) is 13.8. The Morgan fingerprint density at radius 1 is 1.33 bits per heavy atom. The van der Waals surface area contributed by atoms with Crippen LogP contribution in [0.3, 0.4) is 0 Å². The molecule has 0 amide bonds. The normalized spacial score (nSPS) is 13.8. The van der Waals surface area contributed by atoms with E-state index in [1.807, 2.05) is 19.0 Å². The molecule has 0 heterocycles. The van der Waals surface area contributed by atoms with Gasteiger partial charge in [-0.05, 0) is 31.2 Å². The first-order valence-corrected chi connectivity index (χ1v) is 5.63. The van der Waals surface area contributed by atoms with Crippen molar-refractivity contribution in [3.8, 4) is 0 Å². The molecule has 100 valence electrons. The van der Waals surface area contributed by atoms with Crippen molar-refractivity contribution < 1.29 is 19.7 Å². The Kier molecular flexibility index (Phi) is 4.69. The molecule has 1 aromatic carbocycles. The summed E-state index contributed by atoms with van der Waals surface area (Å²) < 4.78 is 4.92. The molecule has 5 nitrogen and oxygen atoms in total. The van der Waals surface area contributed by atoms with Crippen LogP contribution in [0.4, 0.5) is 5.69 Å². The maximum Gasteiger partial charge on any atom is 0.338 e. The Labute approximate surface area is 107 Å². The predicted molar refractivity (Wildman–Crippen MR) is 68.8 cm³/mol. The van der Waals surface area contributed by atoms with Gasteiger partial charge >= 0.3 is 5.97 Å². The summed E-state index contributed by atoms with van der Waals surface area (Å²) in [4.78, 5) is 13.6. The Balaban J connectivity index is 2.62. The number of hydrogen-bond acceptors (Lipinski definition) is 5. The van der Waals surface area contributed by atoms with Gasteiger partial charge in [-0.1, -0.05) is 0 Å². The van der Waals surface area contributed by atoms with E-state index in [-0.39, 0.29) is 6.61 Å². The molecule has 2 N–H and O–H groups in total. The summed E-state index contributed by atoms with van der Waals surface area (Å²) in [5.74, 6) is -0.519. The summed E-state index contributed by atoms with van der Waals surface area (Å²) in [6.07, 6.45) is 0. The Morgan fingerprint density at radius 3 is 2.33 bits per heavy atom. The second kappa shape index (κ2) is 5.84. The number of nitrogens with zero attached hydrogens (tertiary/aromatic N) is 1. The van der Waals surface area contributed by atoms with Gasteiger partial charge in [-0.15, -0.1) is 0 Å². The highest BCUT2D eigenvalue weighted by Gasteiger charge is 2.21. The van der Waals surface area contributed by atoms with Crippen molar-refractivity contribution in [3.05, 3.63) is 29.8 Å². The first kappa shape index (κ1) is 14.5. The van der Waals surface area contributed by atoms with Gasteiger partial charge in [0.15, 0.2) is 0 Å². The van der Waals surface area contributed by atoms with Crippen molar-refractivity contribution in [1.82, 2.24) is 0 Å². The molecule has 1 atom stereocenters. The van der Waals surface area contributed by atoms with Crippen molar-refractivity contribution >= 4 is 11.7 Å². The largest absolute Gasteiger partial charge is 0.459 e. The van der Waals surface area contributed by atoms with Crippen molar-refractivity contribution in [2.75, 3.05) is 32.2 Å². The fourth-order valence-corrected chi connectivity index (χ4v) is 1.25. The van der Waals surface area contributed by atoms with Crippen LogP contribution in [-0.2, 0) is 4.74 Å². The van der Waals surface area contributed by atoms with E-state index >= 15 is 0 Å². The van der Waals surface area contributed by atoms with E-state index in [2.05, 4.69) is 0 Å². The van der Waals surface area contributed by atoms with Gasteiger partial charge in [-0.25, -0.2) is 4.79 Å². The van der Waals surface area contributed by atoms with E-state index in [4.69, 9.17) is 9.84 Å². The minimum absolute atomic E-state index is 0.238. The molecule has 18 heavy (non-hydrogen) atoms. The Bertz CT molecular complexity index is 398. The highest BCUT2D eigenvalue weighted by atomic mass is 16.5. The summed E-state index contributed by atoms with van der Waals surface area (Å²) >= 11 is 0. The van der Waals surface area contributed by atoms with Crippen LogP contribution in [0, 0.1) is 0 Å². The van der Waals surface area contributed by atoms with Crippen molar-refractivity contribution in [1.29, 1.82) is 0 Å². The molecule has 0 unspecified atom stereocenters. The third kappa shape index (κ3) is 4.01. The number of aliphatic hydroxyl groups excluding tert-OH is 1. The summed E-state index contributed by atoms with van der Waals surface area (Å²) in [5, 5.41) is 18.3. The van der Waals surface area contributed by atoms with Gasteiger partial charge < -0.3 is 19.8 Å². The molecule has 5 heteroatoms. The molecule has 1 aromatic rings. The standard InChI is InChI=1S/C13H19NO4/c1-13(17,8-15)9-18-12(16)10-4-6-11(7-5-10)14(2)3/h4-7,15,17H,8-9H2,1-3H3/t13-/m0/s1. The number of aliphatic hydroxyl groups is 2. The number of anilines is 1. The second-order valence-corrected chi connectivity index (χ2v) is 4.67. The van der Waals surface area contributed by atoms with E-state index in [0.29, 0.717) is 5.56 Å². The first-order valence-electron chi connectivity index (χ1n) is 5.63. The molecule has 1 rings (SSSR count). The minimum atomic E-state index is -1.40. The van der Waals surface area contributed by atoms with E-state index in [1.54, 1.807) is 24.3 Å². The maximum atomic E-state index is 11.7. The topological polar surface area (TPSA) is 70.0 Å². The van der Waals surface area contributed by atoms with Gasteiger partial charge in [0, 0.05) is 19.8 Å². The monoisotopic (exact) mass is 253 g/mol.